The number of H-pyrrole nitrogens is 1. The molecule has 106 valence electrons. The summed E-state index contributed by atoms with van der Waals surface area (Å²) in [5, 5.41) is 11.1. The van der Waals surface area contributed by atoms with E-state index < -0.39 is 7.12 Å². The molecule has 0 amide bonds. The van der Waals surface area contributed by atoms with Gasteiger partial charge in [-0.3, -0.25) is 0 Å². The predicted molar refractivity (Wildman–Crippen MR) is 86.9 cm³/mol. The van der Waals surface area contributed by atoms with Gasteiger partial charge in [0.1, 0.15) is 19.2 Å². The van der Waals surface area contributed by atoms with E-state index in [0.29, 0.717) is 11.7 Å². The van der Waals surface area contributed by atoms with E-state index in [1.807, 2.05) is 18.2 Å². The van der Waals surface area contributed by atoms with Gasteiger partial charge in [-0.05, 0) is 36.4 Å². The SMILES string of the molecule is B[C@H]1CC[C@@H](C2=CB(O)Oc3cnc4[nH]ccc4c32)CC1. The molecule has 1 fully saturated rings. The Kier molecular flexibility index (Phi) is 3.07. The Bertz CT molecular complexity index is 705. The van der Waals surface area contributed by atoms with Crippen LogP contribution in [0.3, 0.4) is 0 Å². The summed E-state index contributed by atoms with van der Waals surface area (Å²) in [5.74, 6) is 3.91. The first-order valence-electron chi connectivity index (χ1n) is 7.75. The van der Waals surface area contributed by atoms with E-state index in [0.717, 1.165) is 22.4 Å². The Labute approximate surface area is 125 Å². The molecule has 0 spiro atoms. The minimum absolute atomic E-state index is 0.513. The van der Waals surface area contributed by atoms with Gasteiger partial charge in [-0.25, -0.2) is 4.98 Å². The highest BCUT2D eigenvalue weighted by atomic mass is 16.5. The molecule has 0 unspecified atom stereocenters. The summed E-state index contributed by atoms with van der Waals surface area (Å²) < 4.78 is 5.55. The van der Waals surface area contributed by atoms with E-state index in [4.69, 9.17) is 4.65 Å². The summed E-state index contributed by atoms with van der Waals surface area (Å²) in [4.78, 5) is 7.52. The quantitative estimate of drug-likeness (QED) is 0.785. The van der Waals surface area contributed by atoms with Gasteiger partial charge in [-0.15, -0.1) is 0 Å². The molecule has 2 N–H and O–H groups in total. The summed E-state index contributed by atoms with van der Waals surface area (Å²) in [5.41, 5.74) is 3.23. The van der Waals surface area contributed by atoms with E-state index in [-0.39, 0.29) is 0 Å². The summed E-state index contributed by atoms with van der Waals surface area (Å²) in [7, 11) is 1.47. The van der Waals surface area contributed by atoms with Gasteiger partial charge in [0.2, 0.25) is 0 Å². The third kappa shape index (κ3) is 2.18. The highest BCUT2D eigenvalue weighted by Gasteiger charge is 2.31. The Morgan fingerprint density at radius 1 is 1.33 bits per heavy atom. The minimum Gasteiger partial charge on any atom is -0.531 e. The van der Waals surface area contributed by atoms with Crippen LogP contribution in [-0.4, -0.2) is 30.0 Å². The van der Waals surface area contributed by atoms with Crippen molar-refractivity contribution in [1.29, 1.82) is 0 Å². The van der Waals surface area contributed by atoms with Crippen LogP contribution in [0.2, 0.25) is 5.82 Å². The van der Waals surface area contributed by atoms with Gasteiger partial charge >= 0.3 is 7.12 Å². The number of pyridine rings is 1. The third-order valence-corrected chi connectivity index (χ3v) is 4.87. The fourth-order valence-corrected chi connectivity index (χ4v) is 3.69. The molecule has 0 atom stereocenters. The van der Waals surface area contributed by atoms with Gasteiger partial charge in [-0.2, -0.15) is 0 Å². The molecule has 21 heavy (non-hydrogen) atoms. The molecule has 0 radical (unpaired) electrons. The molecule has 2 aliphatic rings. The molecule has 0 saturated heterocycles. The van der Waals surface area contributed by atoms with E-state index in [2.05, 4.69) is 17.8 Å². The lowest BCUT2D eigenvalue weighted by atomic mass is 9.67. The Hall–Kier alpha value is -1.68. The number of aromatic amines is 1. The molecule has 1 aliphatic heterocycles. The van der Waals surface area contributed by atoms with Gasteiger partial charge in [-0.1, -0.05) is 18.7 Å². The second-order valence-electron chi connectivity index (χ2n) is 6.32. The number of fused-ring (bicyclic) bond motifs is 3. The number of nitrogens with zero attached hydrogens (tertiary/aromatic N) is 1. The maximum atomic E-state index is 10.00. The third-order valence-electron chi connectivity index (χ3n) is 4.87. The van der Waals surface area contributed by atoms with E-state index >= 15 is 0 Å². The van der Waals surface area contributed by atoms with Crippen LogP contribution in [0, 0.1) is 5.92 Å². The fourth-order valence-electron chi connectivity index (χ4n) is 3.69. The first-order chi connectivity index (χ1) is 10.2. The second-order valence-corrected chi connectivity index (χ2v) is 6.32. The van der Waals surface area contributed by atoms with Crippen LogP contribution in [0.1, 0.15) is 31.2 Å². The molecule has 1 saturated carbocycles. The van der Waals surface area contributed by atoms with Crippen LogP contribution in [0.25, 0.3) is 16.6 Å². The van der Waals surface area contributed by atoms with Gasteiger partial charge in [0.05, 0.1) is 6.20 Å². The monoisotopic (exact) mass is 280 g/mol. The van der Waals surface area contributed by atoms with Crippen molar-refractivity contribution in [2.75, 3.05) is 0 Å². The van der Waals surface area contributed by atoms with Gasteiger partial charge in [0, 0.05) is 17.1 Å². The van der Waals surface area contributed by atoms with Crippen LogP contribution in [-0.2, 0) is 0 Å². The van der Waals surface area contributed by atoms with Crippen LogP contribution < -0.4 is 4.65 Å². The van der Waals surface area contributed by atoms with Crippen molar-refractivity contribution < 1.29 is 9.68 Å². The maximum absolute atomic E-state index is 10.00. The van der Waals surface area contributed by atoms with Gasteiger partial charge in [0.25, 0.3) is 0 Å². The maximum Gasteiger partial charge on any atom is 0.552 e. The standard InChI is InChI=1S/C15H18B2N2O2/c16-10-3-1-9(2-4-10)12-7-17(20)21-13-8-19-15-11(14(12)13)5-6-18-15/h5-10,20H,1-4,16H2,(H,18,19)/t9-,10+. The summed E-state index contributed by atoms with van der Waals surface area (Å²) in [6, 6.07) is 2.04. The van der Waals surface area contributed by atoms with Crippen LogP contribution >= 0.6 is 0 Å². The molecule has 0 aromatic carbocycles. The van der Waals surface area contributed by atoms with Crippen molar-refractivity contribution >= 4 is 31.6 Å². The molecule has 4 nitrogen and oxygen atoms in total. The van der Waals surface area contributed by atoms with Crippen molar-refractivity contribution in [3.8, 4) is 5.75 Å². The summed E-state index contributed by atoms with van der Waals surface area (Å²) in [6.07, 6.45) is 8.52. The lowest BCUT2D eigenvalue weighted by Gasteiger charge is -2.31. The molecule has 2 aromatic rings. The van der Waals surface area contributed by atoms with Crippen molar-refractivity contribution in [3.63, 3.8) is 0 Å². The Balaban J connectivity index is 1.82. The Morgan fingerprint density at radius 2 is 2.14 bits per heavy atom. The molecule has 4 rings (SSSR count). The smallest absolute Gasteiger partial charge is 0.531 e. The number of nitrogens with one attached hydrogen (secondary N) is 1. The molecule has 2 aromatic heterocycles. The first-order valence-corrected chi connectivity index (χ1v) is 7.75. The second kappa shape index (κ2) is 4.95. The number of hydrogen-bond acceptors (Lipinski definition) is 3. The van der Waals surface area contributed by atoms with Crippen molar-refractivity contribution in [1.82, 2.24) is 9.97 Å². The first kappa shape index (κ1) is 13.0. The van der Waals surface area contributed by atoms with Crippen molar-refractivity contribution in [2.24, 2.45) is 5.92 Å². The summed E-state index contributed by atoms with van der Waals surface area (Å²) in [6.45, 7) is 0. The van der Waals surface area contributed by atoms with Crippen LogP contribution in [0.4, 0.5) is 0 Å². The lowest BCUT2D eigenvalue weighted by Crippen LogP contribution is -2.26. The van der Waals surface area contributed by atoms with Gasteiger partial charge in [0.15, 0.2) is 0 Å². The zero-order valence-electron chi connectivity index (χ0n) is 12.2. The molecule has 0 bridgehead atoms. The molecule has 6 heteroatoms. The van der Waals surface area contributed by atoms with Crippen molar-refractivity contribution in [2.45, 2.75) is 31.5 Å². The zero-order valence-corrected chi connectivity index (χ0v) is 12.2. The molecule has 3 heterocycles. The normalized spacial score (nSPS) is 25.4. The number of hydrogen-bond donors (Lipinski definition) is 2. The van der Waals surface area contributed by atoms with Crippen molar-refractivity contribution in [3.05, 3.63) is 30.0 Å². The lowest BCUT2D eigenvalue weighted by molar-refractivity contribution is 0.411. The Morgan fingerprint density at radius 3 is 2.95 bits per heavy atom. The molecular weight excluding hydrogens is 262 g/mol. The predicted octanol–water partition coefficient (Wildman–Crippen LogP) is 1.97. The average molecular weight is 280 g/mol. The largest absolute Gasteiger partial charge is 0.552 e. The van der Waals surface area contributed by atoms with E-state index in [1.54, 1.807) is 6.20 Å². The average Bonchev–Trinajstić information content (AvgIpc) is 2.95. The fraction of sp³-hybridized carbons (Fsp3) is 0.400. The van der Waals surface area contributed by atoms with Gasteiger partial charge < -0.3 is 14.7 Å². The van der Waals surface area contributed by atoms with E-state index in [1.165, 1.54) is 31.3 Å². The minimum atomic E-state index is -0.856. The molecular formula is C15H18B2N2O2. The highest BCUT2D eigenvalue weighted by molar-refractivity contribution is 6.52. The zero-order chi connectivity index (χ0) is 14.4. The van der Waals surface area contributed by atoms with E-state index in [9.17, 15) is 5.02 Å². The summed E-state index contributed by atoms with van der Waals surface area (Å²) >= 11 is 0. The number of allylic oxidation sites excluding steroid dienone is 1. The highest BCUT2D eigenvalue weighted by Crippen LogP contribution is 2.45. The van der Waals surface area contributed by atoms with Crippen LogP contribution in [0.5, 0.6) is 5.75 Å². The number of rotatable bonds is 1. The topological polar surface area (TPSA) is 58.1 Å². The molecule has 1 aliphatic carbocycles. The number of aromatic nitrogens is 2. The van der Waals surface area contributed by atoms with Crippen LogP contribution in [0.15, 0.2) is 24.4 Å².